The third-order valence-electron chi connectivity index (χ3n) is 7.18. The maximum absolute atomic E-state index is 12.7. The average Bonchev–Trinajstić information content (AvgIpc) is 2.63. The number of rotatable bonds is 9. The molecule has 1 aromatic carbocycles. The number of alkyl carbamates (subject to hydrolysis) is 1. The smallest absolute Gasteiger partial charge is 0.408 e. The Labute approximate surface area is 206 Å². The topological polar surface area (TPSA) is 69.3 Å². The quantitative estimate of drug-likeness (QED) is 0.509. The molecular weight excluding hydrogens is 448 g/mol. The molecule has 7 nitrogen and oxygen atoms in total. The zero-order chi connectivity index (χ0) is 25.2. The van der Waals surface area contributed by atoms with E-state index in [1.165, 1.54) is 0 Å². The van der Waals surface area contributed by atoms with Crippen molar-refractivity contribution in [3.8, 4) is 0 Å². The Morgan fingerprint density at radius 2 is 1.76 bits per heavy atom. The van der Waals surface area contributed by atoms with Gasteiger partial charge in [0, 0.05) is 13.1 Å². The predicted molar refractivity (Wildman–Crippen MR) is 136 cm³/mol. The van der Waals surface area contributed by atoms with Gasteiger partial charge in [-0.1, -0.05) is 51.1 Å². The molecule has 2 fully saturated rings. The lowest BCUT2D eigenvalue weighted by Gasteiger charge is -2.59. The Bertz CT molecular complexity index is 809. The molecule has 34 heavy (non-hydrogen) atoms. The molecule has 2 aliphatic rings. The van der Waals surface area contributed by atoms with Crippen LogP contribution >= 0.6 is 0 Å². The molecule has 2 heterocycles. The van der Waals surface area contributed by atoms with Crippen LogP contribution in [-0.2, 0) is 25.2 Å². The molecule has 8 heteroatoms. The van der Waals surface area contributed by atoms with Crippen molar-refractivity contribution < 1.29 is 23.4 Å². The number of carbonyl (C=O) groups excluding carboxylic acids is 1. The summed E-state index contributed by atoms with van der Waals surface area (Å²) in [5.41, 5.74) is 0.215. The number of likely N-dealkylation sites (tertiary alicyclic amines) is 1. The van der Waals surface area contributed by atoms with Crippen LogP contribution in [0.4, 0.5) is 4.79 Å². The largest absolute Gasteiger partial charge is 0.444 e. The lowest BCUT2D eigenvalue weighted by molar-refractivity contribution is -0.202. The van der Waals surface area contributed by atoms with Crippen molar-refractivity contribution in [3.05, 3.63) is 35.9 Å². The van der Waals surface area contributed by atoms with Gasteiger partial charge in [0.15, 0.2) is 8.32 Å². The molecule has 0 spiro atoms. The lowest BCUT2D eigenvalue weighted by Crippen LogP contribution is -2.78. The van der Waals surface area contributed by atoms with Gasteiger partial charge in [0.2, 0.25) is 0 Å². The molecule has 2 saturated heterocycles. The highest BCUT2D eigenvalue weighted by Gasteiger charge is 2.56. The fraction of sp³-hybridized carbons (Fsp3) is 0.731. The summed E-state index contributed by atoms with van der Waals surface area (Å²) in [7, 11) is -1.83. The van der Waals surface area contributed by atoms with Gasteiger partial charge < -0.3 is 24.0 Å². The summed E-state index contributed by atoms with van der Waals surface area (Å²) in [6.07, 6.45) is -0.215. The Morgan fingerprint density at radius 3 is 2.26 bits per heavy atom. The van der Waals surface area contributed by atoms with Crippen molar-refractivity contribution in [1.29, 1.82) is 0 Å². The second-order valence-corrected chi connectivity index (χ2v) is 17.0. The number of amides is 1. The summed E-state index contributed by atoms with van der Waals surface area (Å²) in [6, 6.07) is 9.81. The van der Waals surface area contributed by atoms with Gasteiger partial charge in [-0.3, -0.25) is 4.90 Å². The van der Waals surface area contributed by atoms with Gasteiger partial charge in [-0.25, -0.2) is 4.79 Å². The zero-order valence-corrected chi connectivity index (χ0v) is 23.3. The Morgan fingerprint density at radius 1 is 1.15 bits per heavy atom. The van der Waals surface area contributed by atoms with Gasteiger partial charge in [0.05, 0.1) is 44.1 Å². The second kappa shape index (κ2) is 10.3. The van der Waals surface area contributed by atoms with E-state index in [0.717, 1.165) is 18.7 Å². The first kappa shape index (κ1) is 27.1. The normalized spacial score (nSPS) is 20.2. The van der Waals surface area contributed by atoms with E-state index in [2.05, 4.69) is 44.1 Å². The van der Waals surface area contributed by atoms with Crippen LogP contribution < -0.4 is 5.32 Å². The minimum absolute atomic E-state index is 0.177. The van der Waals surface area contributed by atoms with Gasteiger partial charge in [-0.15, -0.1) is 0 Å². The molecule has 0 saturated carbocycles. The summed E-state index contributed by atoms with van der Waals surface area (Å²) >= 11 is 0. The van der Waals surface area contributed by atoms with Gasteiger partial charge in [0.1, 0.15) is 5.60 Å². The van der Waals surface area contributed by atoms with E-state index in [1.807, 2.05) is 51.1 Å². The standard InChI is InChI=1S/C26H44N2O5Si/c1-24(2,3)32-23(29)27-22(17-30-16-20-12-10-9-11-13-20)26(18-31-19-26)28-14-21(15-28)33-34(7,8)25(4,5)6/h9-13,21-22H,14-19H2,1-8H3,(H,27,29). The van der Waals surface area contributed by atoms with Crippen LogP contribution in [0.1, 0.15) is 47.1 Å². The van der Waals surface area contributed by atoms with Crippen LogP contribution in [0.5, 0.6) is 0 Å². The minimum Gasteiger partial charge on any atom is -0.444 e. The van der Waals surface area contributed by atoms with E-state index >= 15 is 0 Å². The van der Waals surface area contributed by atoms with Crippen LogP contribution in [0.3, 0.4) is 0 Å². The fourth-order valence-corrected chi connectivity index (χ4v) is 5.37. The molecule has 1 N–H and O–H groups in total. The van der Waals surface area contributed by atoms with Crippen LogP contribution in [0, 0.1) is 0 Å². The first-order valence-corrected chi connectivity index (χ1v) is 15.2. The monoisotopic (exact) mass is 492 g/mol. The Balaban J connectivity index is 1.66. The highest BCUT2D eigenvalue weighted by Crippen LogP contribution is 2.40. The van der Waals surface area contributed by atoms with Crippen LogP contribution in [-0.4, -0.2) is 75.5 Å². The van der Waals surface area contributed by atoms with Crippen molar-refractivity contribution >= 4 is 14.4 Å². The van der Waals surface area contributed by atoms with Crippen molar-refractivity contribution in [3.63, 3.8) is 0 Å². The number of ether oxygens (including phenoxy) is 3. The van der Waals surface area contributed by atoms with E-state index in [0.29, 0.717) is 26.4 Å². The van der Waals surface area contributed by atoms with Gasteiger partial charge in [0.25, 0.3) is 0 Å². The molecule has 3 rings (SSSR count). The molecule has 0 radical (unpaired) electrons. The maximum Gasteiger partial charge on any atom is 0.408 e. The Hall–Kier alpha value is -1.45. The maximum atomic E-state index is 12.7. The van der Waals surface area contributed by atoms with Gasteiger partial charge in [-0.05, 0) is 44.5 Å². The third-order valence-corrected chi connectivity index (χ3v) is 11.7. The summed E-state index contributed by atoms with van der Waals surface area (Å²) in [5.74, 6) is 0. The Kier molecular flexibility index (Phi) is 8.19. The van der Waals surface area contributed by atoms with Gasteiger partial charge in [-0.2, -0.15) is 0 Å². The number of nitrogens with one attached hydrogen (secondary N) is 1. The van der Waals surface area contributed by atoms with E-state index in [9.17, 15) is 4.79 Å². The van der Waals surface area contributed by atoms with Crippen LogP contribution in [0.25, 0.3) is 0 Å². The first-order chi connectivity index (χ1) is 15.7. The predicted octanol–water partition coefficient (Wildman–Crippen LogP) is 4.57. The summed E-state index contributed by atoms with van der Waals surface area (Å²) in [5, 5.41) is 3.28. The van der Waals surface area contributed by atoms with E-state index in [-0.39, 0.29) is 22.7 Å². The highest BCUT2D eigenvalue weighted by atomic mass is 28.4. The molecule has 1 unspecified atom stereocenters. The molecule has 1 atom stereocenters. The molecular formula is C26H44N2O5Si. The van der Waals surface area contributed by atoms with E-state index in [4.69, 9.17) is 18.6 Å². The molecule has 0 aliphatic carbocycles. The zero-order valence-electron chi connectivity index (χ0n) is 22.3. The number of hydrogen-bond acceptors (Lipinski definition) is 6. The second-order valence-electron chi connectivity index (χ2n) is 12.2. The summed E-state index contributed by atoms with van der Waals surface area (Å²) in [6.45, 7) is 20.6. The molecule has 1 aromatic rings. The first-order valence-electron chi connectivity index (χ1n) is 12.3. The molecule has 2 aliphatic heterocycles. The number of benzene rings is 1. The van der Waals surface area contributed by atoms with Crippen LogP contribution in [0.2, 0.25) is 18.1 Å². The molecule has 0 aromatic heterocycles. The van der Waals surface area contributed by atoms with Crippen molar-refractivity contribution in [2.24, 2.45) is 0 Å². The third kappa shape index (κ3) is 6.60. The van der Waals surface area contributed by atoms with Gasteiger partial charge >= 0.3 is 6.09 Å². The summed E-state index contributed by atoms with van der Waals surface area (Å²) < 4.78 is 24.0. The van der Waals surface area contributed by atoms with E-state index in [1.54, 1.807) is 0 Å². The van der Waals surface area contributed by atoms with Crippen molar-refractivity contribution in [1.82, 2.24) is 10.2 Å². The molecule has 192 valence electrons. The number of hydrogen-bond donors (Lipinski definition) is 1. The lowest BCUT2D eigenvalue weighted by atomic mass is 9.83. The van der Waals surface area contributed by atoms with Crippen molar-refractivity contribution in [2.75, 3.05) is 32.9 Å². The summed E-state index contributed by atoms with van der Waals surface area (Å²) in [4.78, 5) is 15.1. The van der Waals surface area contributed by atoms with E-state index < -0.39 is 20.0 Å². The number of carbonyl (C=O) groups is 1. The molecule has 0 bridgehead atoms. The average molecular weight is 493 g/mol. The molecule has 1 amide bonds. The van der Waals surface area contributed by atoms with Crippen LogP contribution in [0.15, 0.2) is 30.3 Å². The minimum atomic E-state index is -1.83. The van der Waals surface area contributed by atoms with Crippen molar-refractivity contribution in [2.45, 2.75) is 89.6 Å². The number of nitrogens with zero attached hydrogens (tertiary/aromatic N) is 1. The SMILES string of the molecule is CC(C)(C)OC(=O)NC(COCc1ccccc1)C1(N2CC(O[Si](C)(C)C(C)(C)C)C2)COC1. The fourth-order valence-electron chi connectivity index (χ4n) is 4.03. The highest BCUT2D eigenvalue weighted by molar-refractivity contribution is 6.74.